The van der Waals surface area contributed by atoms with Crippen LogP contribution in [0.2, 0.25) is 0 Å². The van der Waals surface area contributed by atoms with Crippen LogP contribution in [0.5, 0.6) is 17.2 Å². The van der Waals surface area contributed by atoms with Crippen LogP contribution in [0.3, 0.4) is 0 Å². The smallest absolute Gasteiger partial charge is 0.248 e. The van der Waals surface area contributed by atoms with Crippen molar-refractivity contribution in [2.24, 2.45) is 0 Å². The van der Waals surface area contributed by atoms with Crippen LogP contribution in [0.25, 0.3) is 6.08 Å². The van der Waals surface area contributed by atoms with Gasteiger partial charge in [-0.2, -0.15) is 0 Å². The van der Waals surface area contributed by atoms with Crippen LogP contribution in [0.4, 0.5) is 14.5 Å². The van der Waals surface area contributed by atoms with E-state index in [-0.39, 0.29) is 5.69 Å². The van der Waals surface area contributed by atoms with Crippen LogP contribution in [-0.4, -0.2) is 27.2 Å². The number of carbonyl (C=O) groups excluding carboxylic acids is 1. The Morgan fingerprint density at radius 1 is 0.960 bits per heavy atom. The summed E-state index contributed by atoms with van der Waals surface area (Å²) in [5, 5.41) is 2.44. The average molecular weight is 349 g/mol. The van der Waals surface area contributed by atoms with Crippen molar-refractivity contribution in [2.75, 3.05) is 26.6 Å². The molecule has 0 saturated heterocycles. The largest absolute Gasteiger partial charge is 0.493 e. The van der Waals surface area contributed by atoms with E-state index in [0.29, 0.717) is 22.8 Å². The van der Waals surface area contributed by atoms with Crippen molar-refractivity contribution in [3.05, 3.63) is 53.6 Å². The maximum atomic E-state index is 13.1. The number of carbonyl (C=O) groups is 1. The van der Waals surface area contributed by atoms with Crippen LogP contribution < -0.4 is 19.5 Å². The number of anilines is 1. The number of hydrogen-bond donors (Lipinski definition) is 1. The van der Waals surface area contributed by atoms with Gasteiger partial charge in [0.15, 0.2) is 23.1 Å². The highest BCUT2D eigenvalue weighted by molar-refractivity contribution is 6.02. The van der Waals surface area contributed by atoms with E-state index in [1.807, 2.05) is 0 Å². The first kappa shape index (κ1) is 18.3. The summed E-state index contributed by atoms with van der Waals surface area (Å²) in [6, 6.07) is 6.47. The number of amides is 1. The van der Waals surface area contributed by atoms with Crippen LogP contribution in [-0.2, 0) is 4.79 Å². The Morgan fingerprint density at radius 3 is 2.28 bits per heavy atom. The van der Waals surface area contributed by atoms with Crippen molar-refractivity contribution in [3.63, 3.8) is 0 Å². The van der Waals surface area contributed by atoms with Gasteiger partial charge in [-0.1, -0.05) is 0 Å². The van der Waals surface area contributed by atoms with E-state index in [2.05, 4.69) is 5.32 Å². The van der Waals surface area contributed by atoms with Gasteiger partial charge in [0.25, 0.3) is 0 Å². The van der Waals surface area contributed by atoms with E-state index in [9.17, 15) is 13.6 Å². The van der Waals surface area contributed by atoms with E-state index < -0.39 is 17.5 Å². The third kappa shape index (κ3) is 4.26. The number of nitrogens with one attached hydrogen (secondary N) is 1. The van der Waals surface area contributed by atoms with Crippen molar-refractivity contribution in [3.8, 4) is 17.2 Å². The molecule has 0 aliphatic carbocycles. The summed E-state index contributed by atoms with van der Waals surface area (Å²) in [4.78, 5) is 11.9. The summed E-state index contributed by atoms with van der Waals surface area (Å²) in [5.74, 6) is -1.25. The van der Waals surface area contributed by atoms with Gasteiger partial charge in [0, 0.05) is 23.4 Å². The number of rotatable bonds is 6. The summed E-state index contributed by atoms with van der Waals surface area (Å²) in [6.07, 6.45) is 2.75. The van der Waals surface area contributed by atoms with Crippen molar-refractivity contribution < 1.29 is 27.8 Å². The lowest BCUT2D eigenvalue weighted by atomic mass is 10.1. The van der Waals surface area contributed by atoms with E-state index in [4.69, 9.17) is 14.2 Å². The molecule has 0 spiro atoms. The molecular formula is C18H17F2NO4. The molecule has 2 aromatic rings. The summed E-state index contributed by atoms with van der Waals surface area (Å²) < 4.78 is 41.8. The molecule has 1 N–H and O–H groups in total. The minimum Gasteiger partial charge on any atom is -0.493 e. The molecule has 0 aromatic heterocycles. The van der Waals surface area contributed by atoms with Crippen molar-refractivity contribution in [1.29, 1.82) is 0 Å². The summed E-state index contributed by atoms with van der Waals surface area (Å²) in [7, 11) is 4.45. The SMILES string of the molecule is COc1ccc(/C=C/C(=O)Nc2ccc(F)c(F)c2)c(OC)c1OC. The molecule has 2 rings (SSSR count). The fourth-order valence-electron chi connectivity index (χ4n) is 2.18. The molecule has 2 aromatic carbocycles. The second-order valence-electron chi connectivity index (χ2n) is 4.88. The fourth-order valence-corrected chi connectivity index (χ4v) is 2.18. The molecule has 1 amide bonds. The van der Waals surface area contributed by atoms with Crippen LogP contribution in [0, 0.1) is 11.6 Å². The van der Waals surface area contributed by atoms with Crippen LogP contribution >= 0.6 is 0 Å². The molecule has 7 heteroatoms. The normalized spacial score (nSPS) is 10.6. The number of halogens is 2. The predicted molar refractivity (Wildman–Crippen MR) is 90.1 cm³/mol. The molecule has 0 bridgehead atoms. The lowest BCUT2D eigenvalue weighted by Gasteiger charge is -2.13. The first-order valence-corrected chi connectivity index (χ1v) is 7.23. The third-order valence-electron chi connectivity index (χ3n) is 3.34. The minimum absolute atomic E-state index is 0.146. The number of benzene rings is 2. The quantitative estimate of drug-likeness (QED) is 0.809. The Bertz CT molecular complexity index is 806. The van der Waals surface area contributed by atoms with Gasteiger partial charge in [-0.05, 0) is 30.3 Å². The highest BCUT2D eigenvalue weighted by Crippen LogP contribution is 2.40. The zero-order valence-corrected chi connectivity index (χ0v) is 13.9. The van der Waals surface area contributed by atoms with Crippen molar-refractivity contribution in [2.45, 2.75) is 0 Å². The highest BCUT2D eigenvalue weighted by atomic mass is 19.2. The Hall–Kier alpha value is -3.09. The van der Waals surface area contributed by atoms with Crippen molar-refractivity contribution in [1.82, 2.24) is 0 Å². The highest BCUT2D eigenvalue weighted by Gasteiger charge is 2.14. The van der Waals surface area contributed by atoms with E-state index in [1.165, 1.54) is 39.5 Å². The molecule has 0 aliphatic rings. The van der Waals surface area contributed by atoms with Crippen LogP contribution in [0.1, 0.15) is 5.56 Å². The molecule has 0 radical (unpaired) electrons. The first-order valence-electron chi connectivity index (χ1n) is 7.23. The molecule has 25 heavy (non-hydrogen) atoms. The lowest BCUT2D eigenvalue weighted by molar-refractivity contribution is -0.111. The molecule has 0 fully saturated rings. The van der Waals surface area contributed by atoms with E-state index in [1.54, 1.807) is 12.1 Å². The first-order chi connectivity index (χ1) is 12.0. The Labute approximate surface area is 143 Å². The summed E-state index contributed by atoms with van der Waals surface area (Å²) in [6.45, 7) is 0. The van der Waals surface area contributed by atoms with Gasteiger partial charge in [0.1, 0.15) is 0 Å². The maximum Gasteiger partial charge on any atom is 0.248 e. The number of ether oxygens (including phenoxy) is 3. The van der Waals surface area contributed by atoms with Gasteiger partial charge in [-0.15, -0.1) is 0 Å². The van der Waals surface area contributed by atoms with Crippen molar-refractivity contribution >= 4 is 17.7 Å². The predicted octanol–water partition coefficient (Wildman–Crippen LogP) is 3.64. The van der Waals surface area contributed by atoms with E-state index >= 15 is 0 Å². The monoisotopic (exact) mass is 349 g/mol. The summed E-state index contributed by atoms with van der Waals surface area (Å²) >= 11 is 0. The Balaban J connectivity index is 2.20. The summed E-state index contributed by atoms with van der Waals surface area (Å²) in [5.41, 5.74) is 0.730. The van der Waals surface area contributed by atoms with E-state index in [0.717, 1.165) is 12.1 Å². The number of methoxy groups -OCH3 is 3. The minimum atomic E-state index is -1.04. The molecule has 0 unspecified atom stereocenters. The molecule has 132 valence electrons. The topological polar surface area (TPSA) is 56.8 Å². The molecular weight excluding hydrogens is 332 g/mol. The zero-order chi connectivity index (χ0) is 18.4. The van der Waals surface area contributed by atoms with Crippen LogP contribution in [0.15, 0.2) is 36.4 Å². The van der Waals surface area contributed by atoms with Gasteiger partial charge in [-0.25, -0.2) is 8.78 Å². The van der Waals surface area contributed by atoms with Gasteiger partial charge in [0.2, 0.25) is 11.7 Å². The van der Waals surface area contributed by atoms with Gasteiger partial charge in [-0.3, -0.25) is 4.79 Å². The van der Waals surface area contributed by atoms with Gasteiger partial charge in [0.05, 0.1) is 21.3 Å². The maximum absolute atomic E-state index is 13.1. The second kappa shape index (κ2) is 8.14. The lowest BCUT2D eigenvalue weighted by Crippen LogP contribution is -2.08. The average Bonchev–Trinajstić information content (AvgIpc) is 2.61. The molecule has 0 aliphatic heterocycles. The number of hydrogen-bond acceptors (Lipinski definition) is 4. The fraction of sp³-hybridized carbons (Fsp3) is 0.167. The molecule has 5 nitrogen and oxygen atoms in total. The zero-order valence-electron chi connectivity index (χ0n) is 13.9. The Morgan fingerprint density at radius 2 is 1.68 bits per heavy atom. The third-order valence-corrected chi connectivity index (χ3v) is 3.34. The van der Waals surface area contributed by atoms with Gasteiger partial charge < -0.3 is 19.5 Å². The molecule has 0 heterocycles. The Kier molecular flexibility index (Phi) is 5.94. The standard InChI is InChI=1S/C18H17F2NO4/c1-23-15-8-4-11(17(24-2)18(15)25-3)5-9-16(22)21-12-6-7-13(19)14(20)10-12/h4-10H,1-3H3,(H,21,22)/b9-5+. The molecule has 0 saturated carbocycles. The second-order valence-corrected chi connectivity index (χ2v) is 4.88. The molecule has 0 atom stereocenters. The van der Waals surface area contributed by atoms with Gasteiger partial charge >= 0.3 is 0 Å².